The number of aryl methyl sites for hydroxylation is 1. The average molecular weight is 297 g/mol. The van der Waals surface area contributed by atoms with Gasteiger partial charge in [-0.15, -0.1) is 0 Å². The monoisotopic (exact) mass is 297 g/mol. The Kier molecular flexibility index (Phi) is 5.59. The maximum Gasteiger partial charge on any atom is 0.260 e. The van der Waals surface area contributed by atoms with Crippen LogP contribution in [0.25, 0.3) is 0 Å². The van der Waals surface area contributed by atoms with Crippen molar-refractivity contribution in [3.63, 3.8) is 0 Å². The van der Waals surface area contributed by atoms with Gasteiger partial charge in [-0.25, -0.2) is 0 Å². The Morgan fingerprint density at radius 2 is 1.68 bits per heavy atom. The van der Waals surface area contributed by atoms with E-state index in [0.717, 1.165) is 11.3 Å². The predicted molar refractivity (Wildman–Crippen MR) is 89.1 cm³/mol. The third-order valence-electron chi connectivity index (χ3n) is 3.72. The minimum Gasteiger partial charge on any atom is -0.481 e. The summed E-state index contributed by atoms with van der Waals surface area (Å²) in [5, 5.41) is 2.96. The van der Waals surface area contributed by atoms with Crippen LogP contribution in [-0.2, 0) is 4.79 Å². The van der Waals surface area contributed by atoms with Gasteiger partial charge in [-0.05, 0) is 37.0 Å². The number of para-hydroxylation sites is 1. The molecule has 0 aromatic heterocycles. The van der Waals surface area contributed by atoms with Gasteiger partial charge in [-0.3, -0.25) is 4.79 Å². The minimum atomic E-state index is -0.510. The van der Waals surface area contributed by atoms with Gasteiger partial charge < -0.3 is 10.1 Å². The van der Waals surface area contributed by atoms with Crippen molar-refractivity contribution >= 4 is 5.91 Å². The highest BCUT2D eigenvalue weighted by Crippen LogP contribution is 2.18. The fraction of sp³-hybridized carbons (Fsp3) is 0.316. The molecule has 3 heteroatoms. The Morgan fingerprint density at radius 3 is 2.36 bits per heavy atom. The second-order valence-electron chi connectivity index (χ2n) is 5.58. The lowest BCUT2D eigenvalue weighted by atomic mass is 10.0. The number of rotatable bonds is 6. The summed E-state index contributed by atoms with van der Waals surface area (Å²) in [7, 11) is 0. The zero-order chi connectivity index (χ0) is 15.9. The first-order chi connectivity index (χ1) is 10.6. The van der Waals surface area contributed by atoms with Crippen molar-refractivity contribution in [2.45, 2.75) is 32.8 Å². The molecule has 2 aromatic carbocycles. The summed E-state index contributed by atoms with van der Waals surface area (Å²) in [6, 6.07) is 17.9. The van der Waals surface area contributed by atoms with E-state index in [1.165, 1.54) is 5.56 Å². The molecular weight excluding hydrogens is 274 g/mol. The zero-order valence-electron chi connectivity index (χ0n) is 13.4. The van der Waals surface area contributed by atoms with Crippen LogP contribution in [0.2, 0.25) is 0 Å². The van der Waals surface area contributed by atoms with Crippen LogP contribution in [-0.4, -0.2) is 18.6 Å². The van der Waals surface area contributed by atoms with Crippen molar-refractivity contribution < 1.29 is 9.53 Å². The van der Waals surface area contributed by atoms with E-state index in [4.69, 9.17) is 4.74 Å². The molecule has 0 spiro atoms. The van der Waals surface area contributed by atoms with E-state index in [0.29, 0.717) is 6.54 Å². The fourth-order valence-corrected chi connectivity index (χ4v) is 2.23. The molecule has 0 aliphatic carbocycles. The molecule has 3 nitrogen and oxygen atoms in total. The van der Waals surface area contributed by atoms with E-state index < -0.39 is 6.10 Å². The molecule has 2 atom stereocenters. The van der Waals surface area contributed by atoms with E-state index in [2.05, 4.69) is 24.4 Å². The van der Waals surface area contributed by atoms with Gasteiger partial charge in [0.1, 0.15) is 5.75 Å². The van der Waals surface area contributed by atoms with Crippen LogP contribution in [0.1, 0.15) is 30.9 Å². The zero-order valence-corrected chi connectivity index (χ0v) is 13.4. The van der Waals surface area contributed by atoms with Crippen LogP contribution in [0.4, 0.5) is 0 Å². The molecule has 22 heavy (non-hydrogen) atoms. The summed E-state index contributed by atoms with van der Waals surface area (Å²) in [5.74, 6) is 0.933. The van der Waals surface area contributed by atoms with Crippen LogP contribution in [0, 0.1) is 6.92 Å². The van der Waals surface area contributed by atoms with Gasteiger partial charge in [0.25, 0.3) is 5.91 Å². The first-order valence-electron chi connectivity index (χ1n) is 7.63. The summed E-state index contributed by atoms with van der Waals surface area (Å²) in [6.45, 7) is 6.44. The third kappa shape index (κ3) is 4.35. The molecule has 0 aliphatic rings. The second kappa shape index (κ2) is 7.64. The van der Waals surface area contributed by atoms with Gasteiger partial charge in [0, 0.05) is 6.54 Å². The van der Waals surface area contributed by atoms with Crippen LogP contribution >= 0.6 is 0 Å². The number of nitrogens with one attached hydrogen (secondary N) is 1. The summed E-state index contributed by atoms with van der Waals surface area (Å²) in [4.78, 5) is 12.2. The smallest absolute Gasteiger partial charge is 0.260 e. The standard InChI is InChI=1S/C19H23NO2/c1-14-9-7-8-12-18(14)22-16(3)19(21)20-13-15(2)17-10-5-4-6-11-17/h4-12,15-16H,13H2,1-3H3,(H,20,21)/t15-,16-/m1/s1. The van der Waals surface area contributed by atoms with Crippen molar-refractivity contribution in [3.05, 3.63) is 65.7 Å². The maximum atomic E-state index is 12.2. The van der Waals surface area contributed by atoms with Gasteiger partial charge in [0.2, 0.25) is 0 Å². The van der Waals surface area contributed by atoms with Crippen molar-refractivity contribution in [1.82, 2.24) is 5.32 Å². The first kappa shape index (κ1) is 16.1. The average Bonchev–Trinajstić information content (AvgIpc) is 2.55. The molecule has 0 saturated heterocycles. The quantitative estimate of drug-likeness (QED) is 0.883. The van der Waals surface area contributed by atoms with Crippen molar-refractivity contribution in [1.29, 1.82) is 0 Å². The van der Waals surface area contributed by atoms with Gasteiger partial charge >= 0.3 is 0 Å². The van der Waals surface area contributed by atoms with Crippen LogP contribution in [0.3, 0.4) is 0 Å². The molecule has 0 radical (unpaired) electrons. The molecule has 116 valence electrons. The third-order valence-corrected chi connectivity index (χ3v) is 3.72. The Hall–Kier alpha value is -2.29. The summed E-state index contributed by atoms with van der Waals surface area (Å²) in [6.07, 6.45) is -0.510. The number of benzene rings is 2. The number of carbonyl (C=O) groups is 1. The van der Waals surface area contributed by atoms with E-state index in [1.807, 2.05) is 49.4 Å². The van der Waals surface area contributed by atoms with Crippen LogP contribution in [0.5, 0.6) is 5.75 Å². The summed E-state index contributed by atoms with van der Waals surface area (Å²) >= 11 is 0. The Balaban J connectivity index is 1.85. The fourth-order valence-electron chi connectivity index (χ4n) is 2.23. The van der Waals surface area contributed by atoms with Gasteiger partial charge in [0.05, 0.1) is 0 Å². The Bertz CT molecular complexity index is 610. The molecule has 0 aliphatic heterocycles. The number of hydrogen-bond acceptors (Lipinski definition) is 2. The molecule has 2 aromatic rings. The molecule has 0 fully saturated rings. The molecular formula is C19H23NO2. The van der Waals surface area contributed by atoms with Crippen molar-refractivity contribution in [2.75, 3.05) is 6.54 Å². The summed E-state index contributed by atoms with van der Waals surface area (Å²) in [5.41, 5.74) is 2.25. The molecule has 0 heterocycles. The van der Waals surface area contributed by atoms with Crippen LogP contribution in [0.15, 0.2) is 54.6 Å². The number of ether oxygens (including phenoxy) is 1. The lowest BCUT2D eigenvalue weighted by Gasteiger charge is -2.18. The van der Waals surface area contributed by atoms with Crippen LogP contribution < -0.4 is 10.1 Å². The molecule has 0 saturated carbocycles. The largest absolute Gasteiger partial charge is 0.481 e. The van der Waals surface area contributed by atoms with Gasteiger partial charge in [0.15, 0.2) is 6.10 Å². The highest BCUT2D eigenvalue weighted by Gasteiger charge is 2.16. The second-order valence-corrected chi connectivity index (χ2v) is 5.58. The van der Waals surface area contributed by atoms with E-state index in [-0.39, 0.29) is 11.8 Å². The van der Waals surface area contributed by atoms with E-state index in [9.17, 15) is 4.79 Å². The number of carbonyl (C=O) groups excluding carboxylic acids is 1. The van der Waals surface area contributed by atoms with E-state index in [1.54, 1.807) is 6.92 Å². The lowest BCUT2D eigenvalue weighted by Crippen LogP contribution is -2.38. The maximum absolute atomic E-state index is 12.2. The van der Waals surface area contributed by atoms with Gasteiger partial charge in [-0.2, -0.15) is 0 Å². The highest BCUT2D eigenvalue weighted by molar-refractivity contribution is 5.80. The normalized spacial score (nSPS) is 13.2. The lowest BCUT2D eigenvalue weighted by molar-refractivity contribution is -0.127. The molecule has 1 amide bonds. The Morgan fingerprint density at radius 1 is 1.05 bits per heavy atom. The van der Waals surface area contributed by atoms with E-state index >= 15 is 0 Å². The Labute approximate surface area is 132 Å². The van der Waals surface area contributed by atoms with Gasteiger partial charge in [-0.1, -0.05) is 55.5 Å². The molecule has 0 bridgehead atoms. The predicted octanol–water partition coefficient (Wildman–Crippen LogP) is 3.68. The number of hydrogen-bond donors (Lipinski definition) is 1. The minimum absolute atomic E-state index is 0.0916. The molecule has 1 N–H and O–H groups in total. The molecule has 0 unspecified atom stereocenters. The first-order valence-corrected chi connectivity index (χ1v) is 7.63. The highest BCUT2D eigenvalue weighted by atomic mass is 16.5. The summed E-state index contributed by atoms with van der Waals surface area (Å²) < 4.78 is 5.73. The topological polar surface area (TPSA) is 38.3 Å². The SMILES string of the molecule is Cc1ccccc1O[C@H](C)C(=O)NC[C@@H](C)c1ccccc1. The van der Waals surface area contributed by atoms with Crippen molar-refractivity contribution in [2.24, 2.45) is 0 Å². The molecule has 2 rings (SSSR count). The number of amides is 1. The van der Waals surface area contributed by atoms with Crippen molar-refractivity contribution in [3.8, 4) is 5.75 Å².